The highest BCUT2D eigenvalue weighted by molar-refractivity contribution is 7.10. The van der Waals surface area contributed by atoms with E-state index < -0.39 is 0 Å². The van der Waals surface area contributed by atoms with Crippen LogP contribution in [0.5, 0.6) is 0 Å². The van der Waals surface area contributed by atoms with Crippen LogP contribution in [0.3, 0.4) is 0 Å². The molecule has 0 aromatic carbocycles. The largest absolute Gasteiger partial charge is 0.377 e. The Morgan fingerprint density at radius 2 is 2.21 bits per heavy atom. The van der Waals surface area contributed by atoms with Gasteiger partial charge in [0.25, 0.3) is 0 Å². The van der Waals surface area contributed by atoms with Crippen LogP contribution in [0.15, 0.2) is 11.4 Å². The molecule has 0 radical (unpaired) electrons. The van der Waals surface area contributed by atoms with Crippen LogP contribution in [0.4, 0.5) is 0 Å². The Hall–Kier alpha value is -0.420. The Bertz CT molecular complexity index is 296. The van der Waals surface area contributed by atoms with Crippen LogP contribution in [0.1, 0.15) is 30.3 Å². The van der Waals surface area contributed by atoms with Crippen molar-refractivity contribution in [1.29, 1.82) is 0 Å². The van der Waals surface area contributed by atoms with E-state index in [9.17, 15) is 0 Å². The number of thiophene rings is 1. The third-order valence-electron chi connectivity index (χ3n) is 2.60. The fourth-order valence-electron chi connectivity index (χ4n) is 1.48. The summed E-state index contributed by atoms with van der Waals surface area (Å²) in [5.41, 5.74) is 3.73. The van der Waals surface area contributed by atoms with E-state index in [4.69, 9.17) is 10.6 Å². The van der Waals surface area contributed by atoms with Crippen molar-refractivity contribution in [3.63, 3.8) is 0 Å². The molecule has 1 aromatic rings. The molecule has 14 heavy (non-hydrogen) atoms. The molecule has 0 aliphatic carbocycles. The molecule has 0 saturated heterocycles. The Labute approximate surface area is 89.2 Å². The van der Waals surface area contributed by atoms with Crippen molar-refractivity contribution < 1.29 is 4.74 Å². The Balaban J connectivity index is 2.99. The van der Waals surface area contributed by atoms with Crippen molar-refractivity contribution in [1.82, 2.24) is 5.43 Å². The summed E-state index contributed by atoms with van der Waals surface area (Å²) < 4.78 is 5.43. The van der Waals surface area contributed by atoms with Crippen LogP contribution in [0, 0.1) is 6.92 Å². The first-order chi connectivity index (χ1) is 6.53. The maximum Gasteiger partial charge on any atom is 0.0829 e. The molecule has 3 N–H and O–H groups in total. The number of hydrazine groups is 1. The van der Waals surface area contributed by atoms with E-state index in [-0.39, 0.29) is 11.6 Å². The van der Waals surface area contributed by atoms with Crippen LogP contribution in [0.25, 0.3) is 0 Å². The van der Waals surface area contributed by atoms with Gasteiger partial charge in [-0.1, -0.05) is 0 Å². The third-order valence-corrected chi connectivity index (χ3v) is 3.46. The van der Waals surface area contributed by atoms with Gasteiger partial charge in [-0.2, -0.15) is 0 Å². The SMILES string of the molecule is COC(C)(C)C(NN)c1ccsc1C. The molecule has 3 nitrogen and oxygen atoms in total. The number of rotatable bonds is 4. The minimum Gasteiger partial charge on any atom is -0.377 e. The molecule has 0 amide bonds. The summed E-state index contributed by atoms with van der Waals surface area (Å²) in [6, 6.07) is 2.12. The molecule has 0 bridgehead atoms. The number of aryl methyl sites for hydroxylation is 1. The fraction of sp³-hybridized carbons (Fsp3) is 0.600. The molecule has 0 aliphatic rings. The van der Waals surface area contributed by atoms with Gasteiger partial charge in [0.2, 0.25) is 0 Å². The van der Waals surface area contributed by atoms with Gasteiger partial charge in [-0.25, -0.2) is 0 Å². The first-order valence-electron chi connectivity index (χ1n) is 4.58. The molecule has 0 spiro atoms. The zero-order chi connectivity index (χ0) is 10.8. The van der Waals surface area contributed by atoms with Gasteiger partial charge in [0.1, 0.15) is 0 Å². The molecular weight excluding hydrogens is 196 g/mol. The summed E-state index contributed by atoms with van der Waals surface area (Å²) in [5, 5.41) is 2.07. The predicted octanol–water partition coefficient (Wildman–Crippen LogP) is 1.99. The van der Waals surface area contributed by atoms with Crippen molar-refractivity contribution in [3.8, 4) is 0 Å². The Morgan fingerprint density at radius 1 is 1.57 bits per heavy atom. The Kier molecular flexibility index (Phi) is 3.66. The molecule has 1 heterocycles. The maximum absolute atomic E-state index is 5.57. The number of ether oxygens (including phenoxy) is 1. The van der Waals surface area contributed by atoms with Gasteiger partial charge in [0, 0.05) is 12.0 Å². The van der Waals surface area contributed by atoms with Gasteiger partial charge in [-0.05, 0) is 37.8 Å². The summed E-state index contributed by atoms with van der Waals surface area (Å²) in [4.78, 5) is 1.28. The van der Waals surface area contributed by atoms with E-state index >= 15 is 0 Å². The first kappa shape index (κ1) is 11.7. The highest BCUT2D eigenvalue weighted by atomic mass is 32.1. The van der Waals surface area contributed by atoms with Gasteiger partial charge < -0.3 is 4.74 Å². The average Bonchev–Trinajstić information content (AvgIpc) is 2.53. The lowest BCUT2D eigenvalue weighted by Crippen LogP contribution is -2.44. The fourth-order valence-corrected chi connectivity index (χ4v) is 2.22. The number of hydrogen-bond donors (Lipinski definition) is 2. The summed E-state index contributed by atoms with van der Waals surface area (Å²) >= 11 is 1.72. The van der Waals surface area contributed by atoms with E-state index in [2.05, 4.69) is 23.8 Å². The maximum atomic E-state index is 5.57. The van der Waals surface area contributed by atoms with E-state index in [1.54, 1.807) is 18.4 Å². The van der Waals surface area contributed by atoms with Crippen molar-refractivity contribution in [3.05, 3.63) is 21.9 Å². The molecule has 1 aromatic heterocycles. The molecule has 1 atom stereocenters. The standard InChI is InChI=1S/C10H18N2OS/c1-7-8(5-6-14-7)9(12-11)10(2,3)13-4/h5-6,9,12H,11H2,1-4H3. The number of methoxy groups -OCH3 is 1. The summed E-state index contributed by atoms with van der Waals surface area (Å²) in [7, 11) is 1.70. The van der Waals surface area contributed by atoms with Crippen LogP contribution < -0.4 is 11.3 Å². The lowest BCUT2D eigenvalue weighted by molar-refractivity contribution is -0.0112. The molecule has 0 saturated carbocycles. The van der Waals surface area contributed by atoms with Gasteiger partial charge in [0.05, 0.1) is 11.6 Å². The second-order valence-electron chi connectivity index (χ2n) is 3.84. The van der Waals surface area contributed by atoms with Crippen LogP contribution in [-0.2, 0) is 4.74 Å². The van der Waals surface area contributed by atoms with Crippen molar-refractivity contribution >= 4 is 11.3 Å². The zero-order valence-corrected chi connectivity index (χ0v) is 9.94. The van der Waals surface area contributed by atoms with Gasteiger partial charge in [-0.3, -0.25) is 11.3 Å². The monoisotopic (exact) mass is 214 g/mol. The number of nitrogens with one attached hydrogen (secondary N) is 1. The highest BCUT2D eigenvalue weighted by Gasteiger charge is 2.31. The molecule has 1 unspecified atom stereocenters. The van der Waals surface area contributed by atoms with E-state index in [0.717, 1.165) is 0 Å². The lowest BCUT2D eigenvalue weighted by Gasteiger charge is -2.32. The van der Waals surface area contributed by atoms with Crippen LogP contribution in [-0.4, -0.2) is 12.7 Å². The molecule has 80 valence electrons. The molecule has 4 heteroatoms. The normalized spacial score (nSPS) is 14.4. The number of hydrogen-bond acceptors (Lipinski definition) is 4. The quantitative estimate of drug-likeness (QED) is 0.595. The minimum absolute atomic E-state index is 0.0266. The van der Waals surface area contributed by atoms with Crippen molar-refractivity contribution in [2.45, 2.75) is 32.4 Å². The second-order valence-corrected chi connectivity index (χ2v) is 4.96. The van der Waals surface area contributed by atoms with Crippen molar-refractivity contribution in [2.75, 3.05) is 7.11 Å². The average molecular weight is 214 g/mol. The third kappa shape index (κ3) is 2.15. The van der Waals surface area contributed by atoms with Gasteiger partial charge >= 0.3 is 0 Å². The smallest absolute Gasteiger partial charge is 0.0829 e. The van der Waals surface area contributed by atoms with Gasteiger partial charge in [0.15, 0.2) is 0 Å². The molecule has 1 rings (SSSR count). The summed E-state index contributed by atoms with van der Waals surface area (Å²) in [6.45, 7) is 6.14. The van der Waals surface area contributed by atoms with E-state index in [1.807, 2.05) is 13.8 Å². The Morgan fingerprint density at radius 3 is 2.57 bits per heavy atom. The molecule has 0 fully saturated rings. The van der Waals surface area contributed by atoms with Crippen LogP contribution >= 0.6 is 11.3 Å². The summed E-state index contributed by atoms with van der Waals surface area (Å²) in [6.07, 6.45) is 0. The minimum atomic E-state index is -0.305. The highest BCUT2D eigenvalue weighted by Crippen LogP contribution is 2.31. The van der Waals surface area contributed by atoms with Crippen molar-refractivity contribution in [2.24, 2.45) is 5.84 Å². The zero-order valence-electron chi connectivity index (χ0n) is 9.13. The van der Waals surface area contributed by atoms with E-state index in [0.29, 0.717) is 0 Å². The number of nitrogens with two attached hydrogens (primary N) is 1. The van der Waals surface area contributed by atoms with E-state index in [1.165, 1.54) is 10.4 Å². The summed E-state index contributed by atoms with van der Waals surface area (Å²) in [5.74, 6) is 5.57. The lowest BCUT2D eigenvalue weighted by atomic mass is 9.93. The molecular formula is C10H18N2OS. The second kappa shape index (κ2) is 4.40. The van der Waals surface area contributed by atoms with Gasteiger partial charge in [-0.15, -0.1) is 11.3 Å². The van der Waals surface area contributed by atoms with Crippen LogP contribution in [0.2, 0.25) is 0 Å². The molecule has 0 aliphatic heterocycles. The topological polar surface area (TPSA) is 47.3 Å². The predicted molar refractivity (Wildman–Crippen MR) is 60.2 cm³/mol. The first-order valence-corrected chi connectivity index (χ1v) is 5.46.